The molecule has 0 aliphatic carbocycles. The molecule has 0 saturated carbocycles. The number of rotatable bonds is 9. The van der Waals surface area contributed by atoms with Gasteiger partial charge in [-0.05, 0) is 134 Å². The number of fused-ring (bicyclic) bond motifs is 3. The van der Waals surface area contributed by atoms with Crippen molar-refractivity contribution in [2.24, 2.45) is 0 Å². The van der Waals surface area contributed by atoms with Crippen molar-refractivity contribution >= 4 is 33.2 Å². The summed E-state index contributed by atoms with van der Waals surface area (Å²) < 4.78 is 2.37. The molecule has 2 heteroatoms. The molecule has 76 heavy (non-hydrogen) atoms. The molecule has 0 N–H and O–H groups in total. The summed E-state index contributed by atoms with van der Waals surface area (Å²) in [5, 5.41) is 2.56. The lowest BCUT2D eigenvalue weighted by molar-refractivity contribution is 1.18. The number of aryl methyl sites for hydroxylation is 1. The minimum atomic E-state index is 1.16. The van der Waals surface area contributed by atoms with Crippen molar-refractivity contribution in [1.29, 1.82) is 0 Å². The van der Waals surface area contributed by atoms with Crippen molar-refractivity contribution in [3.05, 3.63) is 321 Å². The van der Waals surface area contributed by atoms with Gasteiger partial charge in [-0.3, -0.25) is 0 Å². The second-order valence-corrected chi connectivity index (χ2v) is 19.1. The van der Waals surface area contributed by atoms with Crippen molar-refractivity contribution in [3.8, 4) is 72.4 Å². The Hall–Kier alpha value is -9.76. The van der Waals surface area contributed by atoms with E-state index in [1.54, 1.807) is 0 Å². The lowest BCUT2D eigenvalue weighted by Gasteiger charge is -2.20. The number of anilines is 2. The Labute approximate surface area is 447 Å². The highest BCUT2D eigenvalue weighted by atomic mass is 15.1. The Balaban J connectivity index is 0.000000143. The van der Waals surface area contributed by atoms with Gasteiger partial charge >= 0.3 is 0 Å². The number of para-hydroxylation sites is 2. The van der Waals surface area contributed by atoms with Crippen LogP contribution in [0.1, 0.15) is 5.56 Å². The number of hydrogen-bond acceptors (Lipinski definition) is 1. The summed E-state index contributed by atoms with van der Waals surface area (Å²) in [5.74, 6) is 0. The molecule has 0 unspecified atom stereocenters. The zero-order valence-electron chi connectivity index (χ0n) is 42.9. The van der Waals surface area contributed by atoms with E-state index in [0.717, 1.165) is 11.4 Å². The second kappa shape index (κ2) is 23.0. The summed E-state index contributed by atoms with van der Waals surface area (Å²) in [6, 6.07) is 112. The second-order valence-electron chi connectivity index (χ2n) is 19.1. The molecule has 0 fully saturated rings. The van der Waals surface area contributed by atoms with Crippen molar-refractivity contribution in [3.63, 3.8) is 0 Å². The molecule has 0 saturated heterocycles. The third-order valence-corrected chi connectivity index (χ3v) is 14.0. The molecule has 2 nitrogen and oxygen atoms in total. The fourth-order valence-electron chi connectivity index (χ4n) is 10.0. The molecule has 1 aromatic heterocycles. The summed E-state index contributed by atoms with van der Waals surface area (Å²) in [7, 11) is 2.12. The highest BCUT2D eigenvalue weighted by Crippen LogP contribution is 2.35. The van der Waals surface area contributed by atoms with Crippen LogP contribution in [0, 0.1) is 6.92 Å². The van der Waals surface area contributed by atoms with Crippen LogP contribution in [0.25, 0.3) is 94.3 Å². The Morgan fingerprint density at radius 2 is 0.526 bits per heavy atom. The van der Waals surface area contributed by atoms with Crippen LogP contribution in [-0.2, 0) is 0 Å². The SMILES string of the molecule is Cc1cccc(-c2ccc(N(C)c3ccc(-c4cccc(-n5c6ccccc6c6ccccc65)c4)cc3)cc2)c1.c1ccc(-c2cccc(-c3cccc(-c4ccccc4)c3)c2)cc1.c1ccc(-c2ccccc2)cc1. The highest BCUT2D eigenvalue weighted by molar-refractivity contribution is 6.09. The lowest BCUT2D eigenvalue weighted by atomic mass is 9.96. The quantitative estimate of drug-likeness (QED) is 0.140. The molecule has 0 atom stereocenters. The third kappa shape index (κ3) is 11.1. The maximum absolute atomic E-state index is 2.37. The maximum atomic E-state index is 2.37. The predicted molar refractivity (Wildman–Crippen MR) is 326 cm³/mol. The number of nitrogens with zero attached hydrogens (tertiary/aromatic N) is 2. The average Bonchev–Trinajstić information content (AvgIpc) is 3.85. The Morgan fingerprint density at radius 3 is 0.934 bits per heavy atom. The van der Waals surface area contributed by atoms with Crippen LogP contribution in [0.3, 0.4) is 0 Å². The first-order valence-corrected chi connectivity index (χ1v) is 26.0. The molecule has 0 spiro atoms. The fourth-order valence-corrected chi connectivity index (χ4v) is 10.0. The molecule has 12 aromatic carbocycles. The van der Waals surface area contributed by atoms with E-state index in [1.165, 1.54) is 99.8 Å². The van der Waals surface area contributed by atoms with Crippen LogP contribution < -0.4 is 4.90 Å². The van der Waals surface area contributed by atoms with E-state index in [4.69, 9.17) is 0 Å². The summed E-state index contributed by atoms with van der Waals surface area (Å²) in [5.41, 5.74) is 22.2. The van der Waals surface area contributed by atoms with Gasteiger partial charge in [0.25, 0.3) is 0 Å². The summed E-state index contributed by atoms with van der Waals surface area (Å²) in [4.78, 5) is 2.23. The molecule has 13 aromatic rings. The standard InChI is InChI=1S/C38H30N2.C24H18.C12H10/c1-27-9-7-10-30(25-27)28-17-21-32(22-18-28)39(2)33-23-19-29(20-24-33)31-11-8-12-34(26-31)40-37-15-5-3-13-35(37)36-14-4-6-16-38(36)40;1-3-9-19(10-4-1)21-13-7-15-23(17-21)24-16-8-14-22(18-24)20-11-5-2-6-12-20;1-3-7-11(8-4-1)12-9-5-2-6-10-12/h3-26H,1-2H3;1-18H;1-10H. The first-order valence-electron chi connectivity index (χ1n) is 26.0. The fraction of sp³-hybridized carbons (Fsp3) is 0.0270. The van der Waals surface area contributed by atoms with Crippen LogP contribution in [0.15, 0.2) is 315 Å². The van der Waals surface area contributed by atoms with Crippen molar-refractivity contribution < 1.29 is 0 Å². The van der Waals surface area contributed by atoms with Crippen LogP contribution >= 0.6 is 0 Å². The van der Waals surface area contributed by atoms with Crippen LogP contribution in [0.4, 0.5) is 11.4 Å². The van der Waals surface area contributed by atoms with E-state index >= 15 is 0 Å². The van der Waals surface area contributed by atoms with Crippen LogP contribution in [-0.4, -0.2) is 11.6 Å². The van der Waals surface area contributed by atoms with Gasteiger partial charge in [-0.2, -0.15) is 0 Å². The minimum Gasteiger partial charge on any atom is -0.345 e. The van der Waals surface area contributed by atoms with Gasteiger partial charge in [0.15, 0.2) is 0 Å². The molecule has 0 aliphatic heterocycles. The molecule has 0 amide bonds. The molecule has 1 heterocycles. The summed E-state index contributed by atoms with van der Waals surface area (Å²) in [6.07, 6.45) is 0. The zero-order valence-corrected chi connectivity index (χ0v) is 42.9. The Bertz CT molecular complexity index is 3800. The van der Waals surface area contributed by atoms with E-state index in [2.05, 4.69) is 327 Å². The van der Waals surface area contributed by atoms with Crippen LogP contribution in [0.5, 0.6) is 0 Å². The summed E-state index contributed by atoms with van der Waals surface area (Å²) in [6.45, 7) is 2.13. The Kier molecular flexibility index (Phi) is 14.7. The van der Waals surface area contributed by atoms with Gasteiger partial charge in [-0.15, -0.1) is 0 Å². The van der Waals surface area contributed by atoms with Gasteiger partial charge in [0.1, 0.15) is 0 Å². The number of benzene rings is 12. The molecule has 13 rings (SSSR count). The number of aromatic nitrogens is 1. The molecule has 364 valence electrons. The maximum Gasteiger partial charge on any atom is 0.0541 e. The molecule has 0 bridgehead atoms. The first-order chi connectivity index (χ1) is 37.5. The van der Waals surface area contributed by atoms with Crippen molar-refractivity contribution in [2.75, 3.05) is 11.9 Å². The average molecular weight is 975 g/mol. The molecular formula is C74H58N2. The first kappa shape index (κ1) is 48.5. The van der Waals surface area contributed by atoms with E-state index in [-0.39, 0.29) is 0 Å². The van der Waals surface area contributed by atoms with Gasteiger partial charge in [0.2, 0.25) is 0 Å². The van der Waals surface area contributed by atoms with Gasteiger partial charge in [0, 0.05) is 34.9 Å². The number of hydrogen-bond donors (Lipinski definition) is 0. The molecule has 0 aliphatic rings. The topological polar surface area (TPSA) is 8.17 Å². The van der Waals surface area contributed by atoms with Gasteiger partial charge in [0.05, 0.1) is 11.0 Å². The van der Waals surface area contributed by atoms with Crippen molar-refractivity contribution in [1.82, 2.24) is 4.57 Å². The smallest absolute Gasteiger partial charge is 0.0541 e. The van der Waals surface area contributed by atoms with Crippen molar-refractivity contribution in [2.45, 2.75) is 6.92 Å². The highest BCUT2D eigenvalue weighted by Gasteiger charge is 2.13. The normalized spacial score (nSPS) is 10.8. The van der Waals surface area contributed by atoms with Gasteiger partial charge < -0.3 is 9.47 Å². The minimum absolute atomic E-state index is 1.16. The van der Waals surface area contributed by atoms with Crippen LogP contribution in [0.2, 0.25) is 0 Å². The largest absolute Gasteiger partial charge is 0.345 e. The Morgan fingerprint density at radius 1 is 0.237 bits per heavy atom. The predicted octanol–water partition coefficient (Wildman–Crippen LogP) is 20.2. The van der Waals surface area contributed by atoms with E-state index in [1.807, 2.05) is 12.1 Å². The van der Waals surface area contributed by atoms with Gasteiger partial charge in [-0.1, -0.05) is 260 Å². The molecule has 0 radical (unpaired) electrons. The van der Waals surface area contributed by atoms with E-state index in [9.17, 15) is 0 Å². The van der Waals surface area contributed by atoms with E-state index in [0.29, 0.717) is 0 Å². The third-order valence-electron chi connectivity index (χ3n) is 14.0. The lowest BCUT2D eigenvalue weighted by Crippen LogP contribution is -2.08. The zero-order chi connectivity index (χ0) is 51.5. The monoisotopic (exact) mass is 974 g/mol. The van der Waals surface area contributed by atoms with E-state index < -0.39 is 0 Å². The molecular weight excluding hydrogens is 917 g/mol. The van der Waals surface area contributed by atoms with Gasteiger partial charge in [-0.25, -0.2) is 0 Å². The summed E-state index contributed by atoms with van der Waals surface area (Å²) >= 11 is 0.